The molecule has 0 aromatic heterocycles. The smallest absolute Gasteiger partial charge is 0.316 e. The molecule has 3 rings (SSSR count). The van der Waals surface area contributed by atoms with Crippen LogP contribution in [-0.4, -0.2) is 30.0 Å². The molecule has 0 aliphatic carbocycles. The lowest BCUT2D eigenvalue weighted by atomic mass is 10.1. The summed E-state index contributed by atoms with van der Waals surface area (Å²) in [4.78, 5) is 37.4. The molecule has 1 amide bonds. The van der Waals surface area contributed by atoms with Gasteiger partial charge in [0.15, 0.2) is 12.4 Å². The van der Waals surface area contributed by atoms with Gasteiger partial charge in [-0.15, -0.1) is 11.8 Å². The van der Waals surface area contributed by atoms with Gasteiger partial charge < -0.3 is 10.1 Å². The van der Waals surface area contributed by atoms with Crippen LogP contribution >= 0.6 is 11.8 Å². The predicted octanol–water partition coefficient (Wildman–Crippen LogP) is 4.77. The van der Waals surface area contributed by atoms with Crippen LogP contribution in [0.25, 0.3) is 0 Å². The number of hydrogen-bond donors (Lipinski definition) is 1. The lowest BCUT2D eigenvalue weighted by Gasteiger charge is -2.08. The Kier molecular flexibility index (Phi) is 7.40. The van der Waals surface area contributed by atoms with E-state index < -0.39 is 5.97 Å². The van der Waals surface area contributed by atoms with E-state index in [1.165, 1.54) is 11.8 Å². The molecular weight excluding hydrogens is 398 g/mol. The highest BCUT2D eigenvalue weighted by molar-refractivity contribution is 8.00. The van der Waals surface area contributed by atoms with Crippen molar-refractivity contribution in [2.75, 3.05) is 17.7 Å². The van der Waals surface area contributed by atoms with Crippen molar-refractivity contribution in [3.63, 3.8) is 0 Å². The highest BCUT2D eigenvalue weighted by atomic mass is 32.2. The van der Waals surface area contributed by atoms with Crippen LogP contribution in [-0.2, 0) is 9.53 Å². The summed E-state index contributed by atoms with van der Waals surface area (Å²) in [5, 5.41) is 2.77. The van der Waals surface area contributed by atoms with E-state index in [4.69, 9.17) is 4.74 Å². The Hall–Kier alpha value is -3.38. The van der Waals surface area contributed by atoms with Gasteiger partial charge in [0.2, 0.25) is 0 Å². The molecule has 0 atom stereocenters. The Labute approximate surface area is 179 Å². The zero-order chi connectivity index (χ0) is 21.3. The number of benzene rings is 3. The van der Waals surface area contributed by atoms with Gasteiger partial charge in [0.25, 0.3) is 5.91 Å². The fraction of sp³-hybridized carbons (Fsp3) is 0.125. The highest BCUT2D eigenvalue weighted by Gasteiger charge is 2.12. The summed E-state index contributed by atoms with van der Waals surface area (Å²) in [6, 6.07) is 23.1. The summed E-state index contributed by atoms with van der Waals surface area (Å²) in [5.74, 6) is -0.828. The molecule has 0 saturated heterocycles. The van der Waals surface area contributed by atoms with Crippen LogP contribution in [0.15, 0.2) is 83.8 Å². The molecule has 5 nitrogen and oxygen atoms in total. The summed E-state index contributed by atoms with van der Waals surface area (Å²) in [6.07, 6.45) is 0. The third kappa shape index (κ3) is 6.06. The number of rotatable bonds is 8. The van der Waals surface area contributed by atoms with Gasteiger partial charge in [-0.3, -0.25) is 14.4 Å². The van der Waals surface area contributed by atoms with E-state index in [1.54, 1.807) is 48.5 Å². The van der Waals surface area contributed by atoms with Crippen molar-refractivity contribution >= 4 is 35.1 Å². The quantitative estimate of drug-likeness (QED) is 0.324. The van der Waals surface area contributed by atoms with Gasteiger partial charge in [-0.05, 0) is 55.0 Å². The summed E-state index contributed by atoms with van der Waals surface area (Å²) in [5.41, 5.74) is 2.62. The number of carbonyl (C=O) groups excluding carboxylic acids is 3. The van der Waals surface area contributed by atoms with Gasteiger partial charge in [0.1, 0.15) is 0 Å². The topological polar surface area (TPSA) is 72.5 Å². The van der Waals surface area contributed by atoms with Crippen LogP contribution in [0.3, 0.4) is 0 Å². The molecule has 6 heteroatoms. The van der Waals surface area contributed by atoms with E-state index >= 15 is 0 Å². The molecule has 152 valence electrons. The number of anilines is 1. The minimum atomic E-state index is -0.441. The van der Waals surface area contributed by atoms with E-state index in [0.29, 0.717) is 16.8 Å². The van der Waals surface area contributed by atoms with Crippen molar-refractivity contribution in [1.29, 1.82) is 0 Å². The molecule has 3 aromatic carbocycles. The van der Waals surface area contributed by atoms with E-state index in [0.717, 1.165) is 10.5 Å². The summed E-state index contributed by atoms with van der Waals surface area (Å²) in [7, 11) is 0. The number of hydrogen-bond acceptors (Lipinski definition) is 5. The monoisotopic (exact) mass is 419 g/mol. The maximum atomic E-state index is 12.3. The molecule has 3 aromatic rings. The molecule has 0 aliphatic heterocycles. The first-order valence-electron chi connectivity index (χ1n) is 9.36. The van der Waals surface area contributed by atoms with Gasteiger partial charge in [-0.2, -0.15) is 0 Å². The van der Waals surface area contributed by atoms with Crippen molar-refractivity contribution in [3.05, 3.63) is 95.6 Å². The van der Waals surface area contributed by atoms with Gasteiger partial charge in [0.05, 0.1) is 5.75 Å². The number of ether oxygens (including phenoxy) is 1. The summed E-state index contributed by atoms with van der Waals surface area (Å²) in [6.45, 7) is 1.66. The first-order chi connectivity index (χ1) is 14.5. The number of thioether (sulfide) groups is 1. The molecule has 0 fully saturated rings. The average Bonchev–Trinajstić information content (AvgIpc) is 2.78. The highest BCUT2D eigenvalue weighted by Crippen LogP contribution is 2.21. The SMILES string of the molecule is Cc1ccccc1SCC(=O)OCC(=O)c1ccc(NC(=O)c2ccccc2)cc1. The predicted molar refractivity (Wildman–Crippen MR) is 118 cm³/mol. The second kappa shape index (κ2) is 10.4. The summed E-state index contributed by atoms with van der Waals surface area (Å²) >= 11 is 1.38. The lowest BCUT2D eigenvalue weighted by Crippen LogP contribution is -2.16. The molecule has 1 N–H and O–H groups in total. The van der Waals surface area contributed by atoms with Crippen molar-refractivity contribution in [2.24, 2.45) is 0 Å². The minimum absolute atomic E-state index is 0.141. The van der Waals surface area contributed by atoms with E-state index in [-0.39, 0.29) is 24.1 Å². The van der Waals surface area contributed by atoms with Crippen LogP contribution in [0.2, 0.25) is 0 Å². The largest absolute Gasteiger partial charge is 0.457 e. The first-order valence-corrected chi connectivity index (χ1v) is 10.4. The lowest BCUT2D eigenvalue weighted by molar-refractivity contribution is -0.139. The molecule has 0 unspecified atom stereocenters. The number of amides is 1. The Morgan fingerprint density at radius 1 is 0.833 bits per heavy atom. The van der Waals surface area contributed by atoms with Crippen molar-refractivity contribution in [2.45, 2.75) is 11.8 Å². The van der Waals surface area contributed by atoms with Gasteiger partial charge in [-0.25, -0.2) is 0 Å². The van der Waals surface area contributed by atoms with Crippen LogP contribution in [0.5, 0.6) is 0 Å². The molecule has 30 heavy (non-hydrogen) atoms. The third-order valence-electron chi connectivity index (χ3n) is 4.30. The normalized spacial score (nSPS) is 10.3. The van der Waals surface area contributed by atoms with Crippen molar-refractivity contribution < 1.29 is 19.1 Å². The second-order valence-electron chi connectivity index (χ2n) is 6.54. The van der Waals surface area contributed by atoms with E-state index in [1.807, 2.05) is 37.3 Å². The fourth-order valence-electron chi connectivity index (χ4n) is 2.66. The molecule has 0 spiro atoms. The Balaban J connectivity index is 1.47. The zero-order valence-corrected chi connectivity index (χ0v) is 17.3. The van der Waals surface area contributed by atoms with Crippen molar-refractivity contribution in [3.8, 4) is 0 Å². The molecular formula is C24H21NO4S. The third-order valence-corrected chi connectivity index (χ3v) is 5.45. The Morgan fingerprint density at radius 2 is 1.50 bits per heavy atom. The van der Waals surface area contributed by atoms with Crippen LogP contribution in [0.4, 0.5) is 5.69 Å². The summed E-state index contributed by atoms with van der Waals surface area (Å²) < 4.78 is 5.09. The standard InChI is InChI=1S/C24H21NO4S/c1-17-7-5-6-10-22(17)30-16-23(27)29-15-21(26)18-11-13-20(14-12-18)25-24(28)19-8-3-2-4-9-19/h2-14H,15-16H2,1H3,(H,25,28). The van der Waals surface area contributed by atoms with Gasteiger partial charge in [-0.1, -0.05) is 36.4 Å². The number of carbonyl (C=O) groups is 3. The minimum Gasteiger partial charge on any atom is -0.457 e. The number of nitrogens with one attached hydrogen (secondary N) is 1. The molecule has 0 heterocycles. The first kappa shape index (κ1) is 21.3. The molecule has 0 bridgehead atoms. The van der Waals surface area contributed by atoms with Crippen LogP contribution < -0.4 is 5.32 Å². The maximum absolute atomic E-state index is 12.3. The van der Waals surface area contributed by atoms with E-state index in [9.17, 15) is 14.4 Å². The van der Waals surface area contributed by atoms with E-state index in [2.05, 4.69) is 5.32 Å². The maximum Gasteiger partial charge on any atom is 0.316 e. The van der Waals surface area contributed by atoms with Crippen LogP contribution in [0.1, 0.15) is 26.3 Å². The number of Topliss-reactive ketones (excluding diaryl/α,β-unsaturated/α-hetero) is 1. The molecule has 0 saturated carbocycles. The number of aryl methyl sites for hydroxylation is 1. The van der Waals surface area contributed by atoms with Gasteiger partial charge >= 0.3 is 5.97 Å². The second-order valence-corrected chi connectivity index (χ2v) is 7.55. The fourth-order valence-corrected chi connectivity index (χ4v) is 3.49. The molecule has 0 aliphatic rings. The number of ketones is 1. The Bertz CT molecular complexity index is 1030. The Morgan fingerprint density at radius 3 is 2.20 bits per heavy atom. The van der Waals surface area contributed by atoms with Crippen molar-refractivity contribution in [1.82, 2.24) is 0 Å². The van der Waals surface area contributed by atoms with Crippen LogP contribution in [0, 0.1) is 6.92 Å². The zero-order valence-electron chi connectivity index (χ0n) is 16.5. The van der Waals surface area contributed by atoms with Gasteiger partial charge in [0, 0.05) is 21.7 Å². The number of esters is 1. The molecule has 0 radical (unpaired) electrons. The average molecular weight is 420 g/mol.